The molecule has 0 aromatic carbocycles. The first-order valence-corrected chi connectivity index (χ1v) is 4.08. The Balaban J connectivity index is 0.000000461. The van der Waals surface area contributed by atoms with Gasteiger partial charge in [-0.3, -0.25) is 14.6 Å². The average Bonchev–Trinajstić information content (AvgIpc) is 2.41. The summed E-state index contributed by atoms with van der Waals surface area (Å²) >= 11 is 0. The zero-order valence-corrected chi connectivity index (χ0v) is 7.42. The van der Waals surface area contributed by atoms with Crippen molar-refractivity contribution in [3.05, 3.63) is 22.6 Å². The normalized spacial score (nSPS) is 8.64. The van der Waals surface area contributed by atoms with E-state index in [1.807, 2.05) is 13.8 Å². The molecule has 0 radical (unpaired) electrons. The maximum absolute atomic E-state index is 10.5. The molecule has 0 unspecified atom stereocenters. The standard InChI is InChI=1S/C6H10N2O.C2H6/c1-2-4-8-5-3-6(9)7-8;1-2/h3,5H,2,4H2,1H3,(H,7,9);1-2H3. The first-order chi connectivity index (χ1) is 5.33. The van der Waals surface area contributed by atoms with Crippen LogP contribution in [0, 0.1) is 0 Å². The first kappa shape index (κ1) is 10.0. The maximum atomic E-state index is 10.5. The highest BCUT2D eigenvalue weighted by Gasteiger charge is 1.86. The number of nitrogens with zero attached hydrogens (tertiary/aromatic N) is 1. The molecule has 1 rings (SSSR count). The number of H-pyrrole nitrogens is 1. The SMILES string of the molecule is CC.CCCn1ccc(=O)[nH]1. The smallest absolute Gasteiger partial charge is 0.264 e. The molecule has 0 aliphatic carbocycles. The third-order valence-electron chi connectivity index (χ3n) is 1.12. The molecule has 0 aliphatic rings. The highest BCUT2D eigenvalue weighted by Crippen LogP contribution is 1.82. The highest BCUT2D eigenvalue weighted by molar-refractivity contribution is 4.79. The number of aromatic amines is 1. The molecular weight excluding hydrogens is 140 g/mol. The van der Waals surface area contributed by atoms with Gasteiger partial charge in [0.05, 0.1) is 0 Å². The summed E-state index contributed by atoms with van der Waals surface area (Å²) in [6, 6.07) is 1.52. The van der Waals surface area contributed by atoms with Crippen LogP contribution in [0.15, 0.2) is 17.1 Å². The summed E-state index contributed by atoms with van der Waals surface area (Å²) in [5, 5.41) is 2.64. The van der Waals surface area contributed by atoms with Gasteiger partial charge in [0, 0.05) is 18.8 Å². The number of aryl methyl sites for hydroxylation is 1. The summed E-state index contributed by atoms with van der Waals surface area (Å²) in [5.74, 6) is 0. The molecule has 0 saturated heterocycles. The second kappa shape index (κ2) is 5.77. The Morgan fingerprint density at radius 1 is 1.55 bits per heavy atom. The van der Waals surface area contributed by atoms with Crippen molar-refractivity contribution in [3.8, 4) is 0 Å². The first-order valence-electron chi connectivity index (χ1n) is 4.08. The van der Waals surface area contributed by atoms with Gasteiger partial charge >= 0.3 is 0 Å². The predicted octanol–water partition coefficient (Wildman–Crippen LogP) is 1.61. The summed E-state index contributed by atoms with van der Waals surface area (Å²) in [6.45, 7) is 6.96. The van der Waals surface area contributed by atoms with Crippen molar-refractivity contribution in [2.45, 2.75) is 33.7 Å². The molecule has 1 aromatic heterocycles. The minimum Gasteiger partial charge on any atom is -0.292 e. The van der Waals surface area contributed by atoms with Crippen molar-refractivity contribution in [3.63, 3.8) is 0 Å². The zero-order chi connectivity index (χ0) is 8.69. The largest absolute Gasteiger partial charge is 0.292 e. The molecule has 0 atom stereocenters. The molecule has 0 amide bonds. The van der Waals surface area contributed by atoms with E-state index in [4.69, 9.17) is 0 Å². The number of nitrogens with one attached hydrogen (secondary N) is 1. The third kappa shape index (κ3) is 3.65. The van der Waals surface area contributed by atoms with Gasteiger partial charge in [-0.05, 0) is 6.42 Å². The second-order valence-corrected chi connectivity index (χ2v) is 1.99. The topological polar surface area (TPSA) is 37.8 Å². The van der Waals surface area contributed by atoms with Crippen LogP contribution >= 0.6 is 0 Å². The van der Waals surface area contributed by atoms with E-state index in [0.717, 1.165) is 13.0 Å². The van der Waals surface area contributed by atoms with E-state index < -0.39 is 0 Å². The quantitative estimate of drug-likeness (QED) is 0.694. The van der Waals surface area contributed by atoms with Gasteiger partial charge in [-0.2, -0.15) is 0 Å². The van der Waals surface area contributed by atoms with Gasteiger partial charge < -0.3 is 0 Å². The molecule has 11 heavy (non-hydrogen) atoms. The summed E-state index contributed by atoms with van der Waals surface area (Å²) in [6.07, 6.45) is 2.80. The van der Waals surface area contributed by atoms with Crippen LogP contribution in [-0.4, -0.2) is 9.78 Å². The molecule has 3 heteroatoms. The van der Waals surface area contributed by atoms with Crippen LogP contribution < -0.4 is 5.56 Å². The Morgan fingerprint density at radius 3 is 2.55 bits per heavy atom. The minimum atomic E-state index is -0.0246. The van der Waals surface area contributed by atoms with Crippen molar-refractivity contribution in [2.75, 3.05) is 0 Å². The lowest BCUT2D eigenvalue weighted by Crippen LogP contribution is -2.04. The number of hydrogen-bond acceptors (Lipinski definition) is 1. The van der Waals surface area contributed by atoms with Crippen molar-refractivity contribution in [1.29, 1.82) is 0 Å². The van der Waals surface area contributed by atoms with E-state index in [0.29, 0.717) is 0 Å². The van der Waals surface area contributed by atoms with Crippen LogP contribution in [0.2, 0.25) is 0 Å². The van der Waals surface area contributed by atoms with Crippen molar-refractivity contribution < 1.29 is 0 Å². The average molecular weight is 156 g/mol. The van der Waals surface area contributed by atoms with E-state index in [9.17, 15) is 4.79 Å². The van der Waals surface area contributed by atoms with Crippen LogP contribution in [0.25, 0.3) is 0 Å². The molecule has 0 spiro atoms. The highest BCUT2D eigenvalue weighted by atomic mass is 16.1. The fourth-order valence-electron chi connectivity index (χ4n) is 0.745. The van der Waals surface area contributed by atoms with Gasteiger partial charge in [-0.15, -0.1) is 0 Å². The Labute approximate surface area is 67.0 Å². The molecule has 0 bridgehead atoms. The van der Waals surface area contributed by atoms with Gasteiger partial charge in [0.1, 0.15) is 0 Å². The van der Waals surface area contributed by atoms with E-state index in [-0.39, 0.29) is 5.56 Å². The summed E-state index contributed by atoms with van der Waals surface area (Å²) in [5.41, 5.74) is -0.0246. The zero-order valence-electron chi connectivity index (χ0n) is 7.42. The molecule has 0 aliphatic heterocycles. The summed E-state index contributed by atoms with van der Waals surface area (Å²) < 4.78 is 1.78. The Morgan fingerprint density at radius 2 is 2.18 bits per heavy atom. The van der Waals surface area contributed by atoms with Crippen molar-refractivity contribution in [1.82, 2.24) is 9.78 Å². The molecule has 64 valence electrons. The minimum absolute atomic E-state index is 0.0246. The summed E-state index contributed by atoms with van der Waals surface area (Å²) in [7, 11) is 0. The van der Waals surface area contributed by atoms with Crippen LogP contribution in [-0.2, 0) is 6.54 Å². The molecule has 1 heterocycles. The van der Waals surface area contributed by atoms with Gasteiger partial charge in [0.2, 0.25) is 0 Å². The number of hydrogen-bond donors (Lipinski definition) is 1. The second-order valence-electron chi connectivity index (χ2n) is 1.99. The maximum Gasteiger partial charge on any atom is 0.264 e. The van der Waals surface area contributed by atoms with E-state index in [1.54, 1.807) is 10.9 Å². The summed E-state index contributed by atoms with van der Waals surface area (Å²) in [4.78, 5) is 10.5. The molecule has 0 saturated carbocycles. The fraction of sp³-hybridized carbons (Fsp3) is 0.625. The van der Waals surface area contributed by atoms with Gasteiger partial charge in [0.15, 0.2) is 0 Å². The van der Waals surface area contributed by atoms with E-state index in [1.165, 1.54) is 6.07 Å². The lowest BCUT2D eigenvalue weighted by molar-refractivity contribution is 0.598. The van der Waals surface area contributed by atoms with Crippen molar-refractivity contribution >= 4 is 0 Å². The number of rotatable bonds is 2. The van der Waals surface area contributed by atoms with E-state index >= 15 is 0 Å². The van der Waals surface area contributed by atoms with Crippen LogP contribution in [0.5, 0.6) is 0 Å². The van der Waals surface area contributed by atoms with Crippen LogP contribution in [0.4, 0.5) is 0 Å². The van der Waals surface area contributed by atoms with E-state index in [2.05, 4.69) is 12.0 Å². The van der Waals surface area contributed by atoms with Gasteiger partial charge in [-0.1, -0.05) is 20.8 Å². The number of aromatic nitrogens is 2. The van der Waals surface area contributed by atoms with Crippen molar-refractivity contribution in [2.24, 2.45) is 0 Å². The predicted molar refractivity (Wildman–Crippen MR) is 46.7 cm³/mol. The fourth-order valence-corrected chi connectivity index (χ4v) is 0.745. The van der Waals surface area contributed by atoms with Gasteiger partial charge in [-0.25, -0.2) is 0 Å². The Kier molecular flexibility index (Phi) is 5.25. The molecule has 1 N–H and O–H groups in total. The third-order valence-corrected chi connectivity index (χ3v) is 1.12. The lowest BCUT2D eigenvalue weighted by atomic mass is 10.5. The Bertz CT molecular complexity index is 224. The monoisotopic (exact) mass is 156 g/mol. The molecule has 0 fully saturated rings. The Hall–Kier alpha value is -0.990. The molecular formula is C8H16N2O. The lowest BCUT2D eigenvalue weighted by Gasteiger charge is -1.94. The van der Waals surface area contributed by atoms with Gasteiger partial charge in [0.25, 0.3) is 5.56 Å². The van der Waals surface area contributed by atoms with Crippen LogP contribution in [0.3, 0.4) is 0 Å². The van der Waals surface area contributed by atoms with Crippen LogP contribution in [0.1, 0.15) is 27.2 Å². The molecule has 3 nitrogen and oxygen atoms in total. The molecule has 1 aromatic rings.